The second-order valence-corrected chi connectivity index (χ2v) is 6.03. The molecule has 1 heterocycles. The second kappa shape index (κ2) is 11.2. The smallest absolute Gasteiger partial charge is 0.124 e. The Morgan fingerprint density at radius 3 is 2.32 bits per heavy atom. The number of hydrogen-bond acceptors (Lipinski definition) is 5. The van der Waals surface area contributed by atoms with Gasteiger partial charge in [-0.3, -0.25) is 4.98 Å². The predicted molar refractivity (Wildman–Crippen MR) is 112 cm³/mol. The molecule has 3 rings (SSSR count). The van der Waals surface area contributed by atoms with E-state index < -0.39 is 0 Å². The van der Waals surface area contributed by atoms with Crippen molar-refractivity contribution in [3.63, 3.8) is 0 Å². The summed E-state index contributed by atoms with van der Waals surface area (Å²) >= 11 is 0. The summed E-state index contributed by atoms with van der Waals surface area (Å²) in [5, 5.41) is 3.46. The maximum Gasteiger partial charge on any atom is 0.124 e. The first kappa shape index (κ1) is 21.5. The van der Waals surface area contributed by atoms with Crippen LogP contribution >= 0.6 is 12.4 Å². The molecule has 1 N–H and O–H groups in total. The van der Waals surface area contributed by atoms with Gasteiger partial charge in [-0.05, 0) is 42.0 Å². The molecule has 3 aromatic rings. The molecule has 0 amide bonds. The van der Waals surface area contributed by atoms with E-state index in [0.717, 1.165) is 33.9 Å². The number of para-hydroxylation sites is 1. The van der Waals surface area contributed by atoms with Gasteiger partial charge in [-0.15, -0.1) is 12.4 Å². The molecule has 0 aliphatic carbocycles. The van der Waals surface area contributed by atoms with Crippen molar-refractivity contribution in [2.45, 2.75) is 19.7 Å². The van der Waals surface area contributed by atoms with Crippen LogP contribution in [0.5, 0.6) is 17.2 Å². The molecule has 0 aliphatic heterocycles. The fourth-order valence-corrected chi connectivity index (χ4v) is 2.78. The number of pyridine rings is 1. The molecule has 0 aliphatic rings. The Labute approximate surface area is 172 Å². The number of rotatable bonds is 9. The Morgan fingerprint density at radius 1 is 0.821 bits per heavy atom. The quantitative estimate of drug-likeness (QED) is 0.577. The maximum absolute atomic E-state index is 5.99. The Bertz CT molecular complexity index is 859. The number of benzene rings is 2. The van der Waals surface area contributed by atoms with Crippen molar-refractivity contribution in [1.82, 2.24) is 10.3 Å². The van der Waals surface area contributed by atoms with Crippen molar-refractivity contribution in [2.75, 3.05) is 14.2 Å². The number of methoxy groups -OCH3 is 2. The zero-order valence-electron chi connectivity index (χ0n) is 16.1. The van der Waals surface area contributed by atoms with Crippen LogP contribution in [0.4, 0.5) is 0 Å². The van der Waals surface area contributed by atoms with Crippen molar-refractivity contribution >= 4 is 12.4 Å². The number of halogens is 1. The molecule has 6 heteroatoms. The van der Waals surface area contributed by atoms with Crippen LogP contribution in [0.3, 0.4) is 0 Å². The summed E-state index contributed by atoms with van der Waals surface area (Å²) in [6.45, 7) is 1.87. The van der Waals surface area contributed by atoms with E-state index in [0.29, 0.717) is 19.7 Å². The van der Waals surface area contributed by atoms with Crippen LogP contribution in [0.15, 0.2) is 67.0 Å². The fourth-order valence-electron chi connectivity index (χ4n) is 2.78. The van der Waals surface area contributed by atoms with Gasteiger partial charge in [0.15, 0.2) is 0 Å². The topological polar surface area (TPSA) is 52.6 Å². The molecule has 0 fully saturated rings. The van der Waals surface area contributed by atoms with Gasteiger partial charge in [0.1, 0.15) is 23.9 Å². The Hall–Kier alpha value is -2.76. The number of nitrogens with zero attached hydrogens (tertiary/aromatic N) is 1. The van der Waals surface area contributed by atoms with Gasteiger partial charge in [0.25, 0.3) is 0 Å². The highest BCUT2D eigenvalue weighted by Gasteiger charge is 2.07. The summed E-state index contributed by atoms with van der Waals surface area (Å²) in [6, 6.07) is 17.8. The van der Waals surface area contributed by atoms with Crippen LogP contribution in [-0.4, -0.2) is 19.2 Å². The summed E-state index contributed by atoms with van der Waals surface area (Å²) in [5.74, 6) is 2.53. The lowest BCUT2D eigenvalue weighted by atomic mass is 10.1. The molecular weight excluding hydrogens is 376 g/mol. The van der Waals surface area contributed by atoms with E-state index in [1.807, 2.05) is 48.5 Å². The third-order valence-electron chi connectivity index (χ3n) is 4.23. The Balaban J connectivity index is 0.00000280. The van der Waals surface area contributed by atoms with E-state index in [2.05, 4.69) is 16.4 Å². The zero-order valence-corrected chi connectivity index (χ0v) is 16.9. The van der Waals surface area contributed by atoms with Gasteiger partial charge in [0.2, 0.25) is 0 Å². The predicted octanol–water partition coefficient (Wildman–Crippen LogP) is 4.39. The minimum absolute atomic E-state index is 0. The van der Waals surface area contributed by atoms with Crippen LogP contribution in [0.25, 0.3) is 0 Å². The van der Waals surface area contributed by atoms with E-state index in [9.17, 15) is 0 Å². The molecule has 0 saturated heterocycles. The highest BCUT2D eigenvalue weighted by Crippen LogP contribution is 2.24. The molecule has 0 atom stereocenters. The molecule has 28 heavy (non-hydrogen) atoms. The van der Waals surface area contributed by atoms with E-state index in [-0.39, 0.29) is 12.4 Å². The molecule has 0 bridgehead atoms. The average molecular weight is 401 g/mol. The van der Waals surface area contributed by atoms with Crippen molar-refractivity contribution in [3.8, 4) is 17.2 Å². The minimum atomic E-state index is 0. The van der Waals surface area contributed by atoms with Crippen LogP contribution in [0.2, 0.25) is 0 Å². The van der Waals surface area contributed by atoms with Crippen LogP contribution in [0.1, 0.15) is 16.7 Å². The lowest BCUT2D eigenvalue weighted by molar-refractivity contribution is 0.302. The fraction of sp³-hybridized carbons (Fsp3) is 0.227. The summed E-state index contributed by atoms with van der Waals surface area (Å²) in [6.07, 6.45) is 3.54. The standard InChI is InChI=1S/C22H24N2O3.ClH/c1-25-20-7-8-21(26-2)19(13-20)15-24-14-18-5-3-4-6-22(18)27-16-17-9-11-23-12-10-17;/h3-13,24H,14-16H2,1-2H3;1H. The largest absolute Gasteiger partial charge is 0.497 e. The molecule has 0 unspecified atom stereocenters. The van der Waals surface area contributed by atoms with Gasteiger partial charge >= 0.3 is 0 Å². The van der Waals surface area contributed by atoms with Crippen LogP contribution in [-0.2, 0) is 19.7 Å². The average Bonchev–Trinajstić information content (AvgIpc) is 2.73. The summed E-state index contributed by atoms with van der Waals surface area (Å²) < 4.78 is 16.7. The van der Waals surface area contributed by atoms with Gasteiger partial charge in [0.05, 0.1) is 14.2 Å². The molecule has 0 radical (unpaired) electrons. The zero-order chi connectivity index (χ0) is 18.9. The van der Waals surface area contributed by atoms with Crippen LogP contribution < -0.4 is 19.5 Å². The number of ether oxygens (including phenoxy) is 3. The number of nitrogens with one attached hydrogen (secondary N) is 1. The minimum Gasteiger partial charge on any atom is -0.497 e. The molecular formula is C22H25ClN2O3. The molecule has 0 saturated carbocycles. The van der Waals surface area contributed by atoms with E-state index >= 15 is 0 Å². The molecule has 2 aromatic carbocycles. The Morgan fingerprint density at radius 2 is 1.57 bits per heavy atom. The molecule has 1 aromatic heterocycles. The third-order valence-corrected chi connectivity index (χ3v) is 4.23. The first-order chi connectivity index (χ1) is 13.3. The van der Waals surface area contributed by atoms with Gasteiger partial charge in [-0.2, -0.15) is 0 Å². The summed E-state index contributed by atoms with van der Waals surface area (Å²) in [4.78, 5) is 4.03. The first-order valence-corrected chi connectivity index (χ1v) is 8.81. The van der Waals surface area contributed by atoms with Crippen molar-refractivity contribution in [1.29, 1.82) is 0 Å². The van der Waals surface area contributed by atoms with Gasteiger partial charge in [0, 0.05) is 36.6 Å². The number of hydrogen-bond donors (Lipinski definition) is 1. The highest BCUT2D eigenvalue weighted by atomic mass is 35.5. The molecule has 5 nitrogen and oxygen atoms in total. The third kappa shape index (κ3) is 5.87. The Kier molecular flexibility index (Phi) is 8.59. The summed E-state index contributed by atoms with van der Waals surface area (Å²) in [7, 11) is 3.34. The summed E-state index contributed by atoms with van der Waals surface area (Å²) in [5.41, 5.74) is 3.24. The SMILES string of the molecule is COc1ccc(OC)c(CNCc2ccccc2OCc2ccncc2)c1.Cl. The molecule has 148 valence electrons. The van der Waals surface area contributed by atoms with Crippen molar-refractivity contribution < 1.29 is 14.2 Å². The van der Waals surface area contributed by atoms with Gasteiger partial charge in [-0.25, -0.2) is 0 Å². The van der Waals surface area contributed by atoms with E-state index in [1.165, 1.54) is 0 Å². The lowest BCUT2D eigenvalue weighted by Gasteiger charge is -2.14. The normalized spacial score (nSPS) is 10.1. The highest BCUT2D eigenvalue weighted by molar-refractivity contribution is 5.85. The maximum atomic E-state index is 5.99. The van der Waals surface area contributed by atoms with Crippen LogP contribution in [0, 0.1) is 0 Å². The molecule has 0 spiro atoms. The first-order valence-electron chi connectivity index (χ1n) is 8.81. The van der Waals surface area contributed by atoms with E-state index in [1.54, 1.807) is 26.6 Å². The van der Waals surface area contributed by atoms with Crippen molar-refractivity contribution in [3.05, 3.63) is 83.7 Å². The second-order valence-electron chi connectivity index (χ2n) is 6.03. The van der Waals surface area contributed by atoms with Gasteiger partial charge in [-0.1, -0.05) is 18.2 Å². The lowest BCUT2D eigenvalue weighted by Crippen LogP contribution is -2.14. The van der Waals surface area contributed by atoms with Gasteiger partial charge < -0.3 is 19.5 Å². The van der Waals surface area contributed by atoms with E-state index in [4.69, 9.17) is 14.2 Å². The van der Waals surface area contributed by atoms with Crippen molar-refractivity contribution in [2.24, 2.45) is 0 Å². The monoisotopic (exact) mass is 400 g/mol. The number of aromatic nitrogens is 1.